The van der Waals surface area contributed by atoms with E-state index in [-0.39, 0.29) is 10.9 Å². The summed E-state index contributed by atoms with van der Waals surface area (Å²) in [5.74, 6) is 0.582. The Balaban J connectivity index is 2.35. The molecular formula is C14H23N3O2S. The molecule has 0 aromatic carbocycles. The second kappa shape index (κ2) is 6.10. The molecule has 0 amide bonds. The molecule has 112 valence electrons. The zero-order valence-corrected chi connectivity index (χ0v) is 13.2. The SMILES string of the molecule is CCNc1ccncc1S(=O)(=O)N1CCC(C)CC1C. The third-order valence-corrected chi connectivity index (χ3v) is 5.86. The van der Waals surface area contributed by atoms with Gasteiger partial charge in [0.05, 0.1) is 5.69 Å². The maximum atomic E-state index is 12.8. The minimum Gasteiger partial charge on any atom is -0.384 e. The fraction of sp³-hybridized carbons (Fsp3) is 0.643. The number of hydrogen-bond donors (Lipinski definition) is 1. The van der Waals surface area contributed by atoms with Crippen LogP contribution in [-0.4, -0.2) is 36.8 Å². The first kappa shape index (κ1) is 15.3. The standard InChI is InChI=1S/C14H23N3O2S/c1-4-16-13-5-7-15-10-14(13)20(18,19)17-8-6-11(2)9-12(17)3/h5,7,10-12H,4,6,8-9H2,1-3H3,(H,15,16). The first-order chi connectivity index (χ1) is 9.46. The quantitative estimate of drug-likeness (QED) is 0.926. The topological polar surface area (TPSA) is 62.3 Å². The Morgan fingerprint density at radius 2 is 2.20 bits per heavy atom. The Hall–Kier alpha value is -1.14. The number of anilines is 1. The fourth-order valence-corrected chi connectivity index (χ4v) is 4.56. The van der Waals surface area contributed by atoms with Gasteiger partial charge in [0.15, 0.2) is 0 Å². The highest BCUT2D eigenvalue weighted by molar-refractivity contribution is 7.89. The van der Waals surface area contributed by atoms with E-state index in [1.165, 1.54) is 6.20 Å². The van der Waals surface area contributed by atoms with Gasteiger partial charge in [0.25, 0.3) is 0 Å². The molecule has 1 aromatic rings. The van der Waals surface area contributed by atoms with Crippen molar-refractivity contribution in [2.75, 3.05) is 18.4 Å². The Morgan fingerprint density at radius 3 is 2.85 bits per heavy atom. The van der Waals surface area contributed by atoms with Gasteiger partial charge in [-0.05, 0) is 38.7 Å². The van der Waals surface area contributed by atoms with Crippen LogP contribution in [0.15, 0.2) is 23.4 Å². The Morgan fingerprint density at radius 1 is 1.45 bits per heavy atom. The predicted octanol–water partition coefficient (Wildman–Crippen LogP) is 2.32. The summed E-state index contributed by atoms with van der Waals surface area (Å²) in [6.07, 6.45) is 4.88. The molecule has 0 aliphatic carbocycles. The molecule has 6 heteroatoms. The van der Waals surface area contributed by atoms with Gasteiger partial charge < -0.3 is 5.32 Å². The van der Waals surface area contributed by atoms with Gasteiger partial charge in [0.1, 0.15) is 4.90 Å². The van der Waals surface area contributed by atoms with Crippen molar-refractivity contribution in [1.82, 2.24) is 9.29 Å². The number of rotatable bonds is 4. The largest absolute Gasteiger partial charge is 0.384 e. The highest BCUT2D eigenvalue weighted by Crippen LogP contribution is 2.30. The molecule has 1 aromatic heterocycles. The summed E-state index contributed by atoms with van der Waals surface area (Å²) in [7, 11) is -3.48. The van der Waals surface area contributed by atoms with Crippen molar-refractivity contribution in [2.24, 2.45) is 5.92 Å². The van der Waals surface area contributed by atoms with Crippen LogP contribution >= 0.6 is 0 Å². The summed E-state index contributed by atoms with van der Waals surface area (Å²) in [4.78, 5) is 4.26. The number of aromatic nitrogens is 1. The van der Waals surface area contributed by atoms with Crippen molar-refractivity contribution < 1.29 is 8.42 Å². The van der Waals surface area contributed by atoms with Crippen LogP contribution in [0.2, 0.25) is 0 Å². The van der Waals surface area contributed by atoms with E-state index in [9.17, 15) is 8.42 Å². The van der Waals surface area contributed by atoms with Crippen LogP contribution in [0.3, 0.4) is 0 Å². The molecule has 2 unspecified atom stereocenters. The molecule has 20 heavy (non-hydrogen) atoms. The molecule has 1 aliphatic rings. The van der Waals surface area contributed by atoms with Gasteiger partial charge in [-0.2, -0.15) is 4.31 Å². The van der Waals surface area contributed by atoms with Crippen molar-refractivity contribution in [2.45, 2.75) is 44.6 Å². The van der Waals surface area contributed by atoms with Crippen LogP contribution < -0.4 is 5.32 Å². The minimum atomic E-state index is -3.48. The van der Waals surface area contributed by atoms with Crippen LogP contribution in [0.1, 0.15) is 33.6 Å². The third-order valence-electron chi connectivity index (χ3n) is 3.82. The zero-order valence-electron chi connectivity index (χ0n) is 12.3. The molecule has 1 saturated heterocycles. The van der Waals surface area contributed by atoms with E-state index in [2.05, 4.69) is 17.2 Å². The molecule has 0 radical (unpaired) electrons. The first-order valence-corrected chi connectivity index (χ1v) is 8.60. The highest BCUT2D eigenvalue weighted by Gasteiger charge is 2.34. The Bertz CT molecular complexity index is 559. The highest BCUT2D eigenvalue weighted by atomic mass is 32.2. The number of nitrogens with zero attached hydrogens (tertiary/aromatic N) is 2. The lowest BCUT2D eigenvalue weighted by atomic mass is 9.95. The van der Waals surface area contributed by atoms with Crippen molar-refractivity contribution in [3.05, 3.63) is 18.5 Å². The number of sulfonamides is 1. The van der Waals surface area contributed by atoms with E-state index >= 15 is 0 Å². The number of pyridine rings is 1. The third kappa shape index (κ3) is 2.96. The van der Waals surface area contributed by atoms with E-state index in [1.54, 1.807) is 16.6 Å². The smallest absolute Gasteiger partial charge is 0.246 e. The van der Waals surface area contributed by atoms with Gasteiger partial charge in [-0.15, -0.1) is 0 Å². The average molecular weight is 297 g/mol. The van der Waals surface area contributed by atoms with Crippen molar-refractivity contribution in [3.63, 3.8) is 0 Å². The van der Waals surface area contributed by atoms with Gasteiger partial charge in [0.2, 0.25) is 10.0 Å². The summed E-state index contributed by atoms with van der Waals surface area (Å²) in [6.45, 7) is 7.37. The zero-order chi connectivity index (χ0) is 14.8. The van der Waals surface area contributed by atoms with Gasteiger partial charge >= 0.3 is 0 Å². The molecule has 2 heterocycles. The monoisotopic (exact) mass is 297 g/mol. The Kier molecular flexibility index (Phi) is 4.65. The van der Waals surface area contributed by atoms with Gasteiger partial charge in [-0.3, -0.25) is 4.98 Å². The summed E-state index contributed by atoms with van der Waals surface area (Å²) < 4.78 is 27.3. The van der Waals surface area contributed by atoms with Crippen LogP contribution in [0.25, 0.3) is 0 Å². The molecular weight excluding hydrogens is 274 g/mol. The summed E-state index contributed by atoms with van der Waals surface area (Å²) in [6, 6.07) is 1.76. The number of hydrogen-bond acceptors (Lipinski definition) is 4. The molecule has 0 spiro atoms. The molecule has 0 bridgehead atoms. The van der Waals surface area contributed by atoms with E-state index < -0.39 is 10.0 Å². The van der Waals surface area contributed by atoms with Crippen molar-refractivity contribution >= 4 is 15.7 Å². The molecule has 1 N–H and O–H groups in total. The normalized spacial score (nSPS) is 24.6. The summed E-state index contributed by atoms with van der Waals surface area (Å²) >= 11 is 0. The van der Waals surface area contributed by atoms with Gasteiger partial charge in [0, 0.05) is 31.5 Å². The van der Waals surface area contributed by atoms with E-state index in [4.69, 9.17) is 0 Å². The molecule has 2 atom stereocenters. The number of piperidine rings is 1. The lowest BCUT2D eigenvalue weighted by molar-refractivity contribution is 0.220. The maximum absolute atomic E-state index is 12.8. The van der Waals surface area contributed by atoms with Crippen LogP contribution in [-0.2, 0) is 10.0 Å². The van der Waals surface area contributed by atoms with E-state index in [0.717, 1.165) is 12.8 Å². The molecule has 5 nitrogen and oxygen atoms in total. The lowest BCUT2D eigenvalue weighted by Crippen LogP contribution is -2.44. The van der Waals surface area contributed by atoms with Gasteiger partial charge in [-0.25, -0.2) is 8.42 Å². The number of nitrogens with one attached hydrogen (secondary N) is 1. The molecule has 1 fully saturated rings. The molecule has 2 rings (SSSR count). The average Bonchev–Trinajstić information content (AvgIpc) is 2.39. The van der Waals surface area contributed by atoms with Crippen LogP contribution in [0.5, 0.6) is 0 Å². The van der Waals surface area contributed by atoms with Crippen LogP contribution in [0.4, 0.5) is 5.69 Å². The summed E-state index contributed by atoms with van der Waals surface area (Å²) in [5, 5.41) is 3.10. The van der Waals surface area contributed by atoms with E-state index in [1.807, 2.05) is 13.8 Å². The van der Waals surface area contributed by atoms with Crippen molar-refractivity contribution in [3.8, 4) is 0 Å². The fourth-order valence-electron chi connectivity index (χ4n) is 2.79. The predicted molar refractivity (Wildman–Crippen MR) is 80.2 cm³/mol. The van der Waals surface area contributed by atoms with Crippen LogP contribution in [0, 0.1) is 5.92 Å². The Labute approximate surface area is 121 Å². The molecule has 0 saturated carbocycles. The minimum absolute atomic E-state index is 0.0402. The second-order valence-corrected chi connectivity index (χ2v) is 7.36. The maximum Gasteiger partial charge on any atom is 0.246 e. The second-order valence-electron chi connectivity index (χ2n) is 5.50. The first-order valence-electron chi connectivity index (χ1n) is 7.16. The molecule has 1 aliphatic heterocycles. The summed E-state index contributed by atoms with van der Waals surface area (Å²) in [5.41, 5.74) is 0.633. The van der Waals surface area contributed by atoms with Gasteiger partial charge in [-0.1, -0.05) is 6.92 Å². The van der Waals surface area contributed by atoms with E-state index in [0.29, 0.717) is 24.7 Å². The lowest BCUT2D eigenvalue weighted by Gasteiger charge is -2.35. The van der Waals surface area contributed by atoms with Crippen molar-refractivity contribution in [1.29, 1.82) is 0 Å².